The Kier molecular flexibility index (Phi) is 10.2. The Balaban J connectivity index is 2.72. The van der Waals surface area contributed by atoms with E-state index in [1.165, 1.54) is 36.5 Å². The first-order valence-electron chi connectivity index (χ1n) is 9.49. The summed E-state index contributed by atoms with van der Waals surface area (Å²) in [6.45, 7) is 10.7. The maximum atomic E-state index is 11.9. The minimum absolute atomic E-state index is 0.0958. The molecule has 0 radical (unpaired) electrons. The number of carbonyl (C=O) groups excluding carboxylic acids is 1. The summed E-state index contributed by atoms with van der Waals surface area (Å²) in [6, 6.07) is 0. The average Bonchev–Trinajstić information content (AvgIpc) is 2.58. The molecule has 0 aliphatic heterocycles. The molecule has 0 aromatic rings. The summed E-state index contributed by atoms with van der Waals surface area (Å²) in [7, 11) is 0. The number of amides is 1. The van der Waals surface area contributed by atoms with Crippen LogP contribution in [0.15, 0.2) is 58.7 Å². The van der Waals surface area contributed by atoms with Crippen molar-refractivity contribution >= 4 is 29.6 Å². The minimum atomic E-state index is -2.14. The van der Waals surface area contributed by atoms with E-state index in [2.05, 4.69) is 50.9 Å². The van der Waals surface area contributed by atoms with Gasteiger partial charge in [0.25, 0.3) is 0 Å². The van der Waals surface area contributed by atoms with Crippen LogP contribution in [-0.4, -0.2) is 25.8 Å². The summed E-state index contributed by atoms with van der Waals surface area (Å²) in [4.78, 5) is 11.9. The number of hydrogen-bond donors (Lipinski definition) is 3. The maximum absolute atomic E-state index is 11.9. The molecule has 1 aliphatic rings. The predicted molar refractivity (Wildman–Crippen MR) is 123 cm³/mol. The first-order chi connectivity index (χ1) is 13.1. The highest BCUT2D eigenvalue weighted by molar-refractivity contribution is 7.84. The molecule has 1 amide bonds. The van der Waals surface area contributed by atoms with Crippen LogP contribution in [0, 0.1) is 5.41 Å². The largest absolute Gasteiger partial charge is 0.335 e. The summed E-state index contributed by atoms with van der Waals surface area (Å²) in [6.07, 6.45) is 15.1. The van der Waals surface area contributed by atoms with Gasteiger partial charge in [0.15, 0.2) is 11.1 Å². The highest BCUT2D eigenvalue weighted by atomic mass is 32.2. The highest BCUT2D eigenvalue weighted by Gasteiger charge is 2.26. The van der Waals surface area contributed by atoms with Gasteiger partial charge in [0.1, 0.15) is 5.37 Å². The van der Waals surface area contributed by atoms with Gasteiger partial charge in [0.05, 0.1) is 0 Å². The Bertz CT molecular complexity index is 743. The standard InChI is InChI=1S/C22H33NO3S2/c1-16(11-12-19-18(3)10-7-13-22(19,4)5)8-6-9-17(2)14-20(24)23-21(15-27)28(25)26/h6,8-9,11-12,14,21,27H,7,10,13,15H2,1-5H3,(H,23,24)(H,25,26)/b9-6+,12-11+,16-8+,17-14+/t21-/m1/s1. The summed E-state index contributed by atoms with van der Waals surface area (Å²) in [5.74, 6) is -0.315. The number of nitrogens with one attached hydrogen (secondary N) is 1. The third-order valence-corrected chi connectivity index (χ3v) is 6.23. The van der Waals surface area contributed by atoms with Crippen LogP contribution in [-0.2, 0) is 15.9 Å². The van der Waals surface area contributed by atoms with Crippen LogP contribution >= 0.6 is 12.6 Å². The van der Waals surface area contributed by atoms with Crippen LogP contribution in [0.25, 0.3) is 0 Å². The number of rotatable bonds is 8. The Morgan fingerprint density at radius 3 is 2.57 bits per heavy atom. The zero-order valence-corrected chi connectivity index (χ0v) is 19.2. The van der Waals surface area contributed by atoms with Gasteiger partial charge in [0.2, 0.25) is 5.91 Å². The summed E-state index contributed by atoms with van der Waals surface area (Å²) in [5.41, 5.74) is 5.01. The predicted octanol–water partition coefficient (Wildman–Crippen LogP) is 5.11. The van der Waals surface area contributed by atoms with Crippen molar-refractivity contribution in [1.82, 2.24) is 5.32 Å². The van der Waals surface area contributed by atoms with Crippen molar-refractivity contribution in [2.45, 2.75) is 59.3 Å². The molecular weight excluding hydrogens is 390 g/mol. The van der Waals surface area contributed by atoms with E-state index >= 15 is 0 Å². The number of hydrogen-bond acceptors (Lipinski definition) is 3. The molecule has 2 atom stereocenters. The molecule has 1 aliphatic carbocycles. The number of thiol groups is 1. The van der Waals surface area contributed by atoms with Crippen LogP contribution in [0.5, 0.6) is 0 Å². The van der Waals surface area contributed by atoms with Crippen molar-refractivity contribution in [2.75, 3.05) is 5.75 Å². The molecule has 1 rings (SSSR count). The van der Waals surface area contributed by atoms with Gasteiger partial charge >= 0.3 is 0 Å². The van der Waals surface area contributed by atoms with Gasteiger partial charge in [-0.25, -0.2) is 4.21 Å². The van der Waals surface area contributed by atoms with Gasteiger partial charge in [-0.2, -0.15) is 12.6 Å². The van der Waals surface area contributed by atoms with Crippen LogP contribution in [0.3, 0.4) is 0 Å². The fourth-order valence-electron chi connectivity index (χ4n) is 3.25. The van der Waals surface area contributed by atoms with E-state index in [0.717, 1.165) is 11.1 Å². The summed E-state index contributed by atoms with van der Waals surface area (Å²) >= 11 is 1.81. The molecule has 0 heterocycles. The van der Waals surface area contributed by atoms with E-state index in [1.807, 2.05) is 25.2 Å². The molecule has 6 heteroatoms. The van der Waals surface area contributed by atoms with Gasteiger partial charge in [-0.1, -0.05) is 55.4 Å². The highest BCUT2D eigenvalue weighted by Crippen LogP contribution is 2.40. The molecule has 1 unspecified atom stereocenters. The SMILES string of the molecule is CC1=C(/C=C/C(C)=C/C=C/C(C)=C/C(=O)N[C@@H](CS)S(=O)O)C(C)(C)CCC1. The Morgan fingerprint density at radius 1 is 1.32 bits per heavy atom. The minimum Gasteiger partial charge on any atom is -0.335 e. The van der Waals surface area contributed by atoms with Crippen LogP contribution in [0.4, 0.5) is 0 Å². The van der Waals surface area contributed by atoms with Gasteiger partial charge in [0, 0.05) is 11.8 Å². The second-order valence-corrected chi connectivity index (χ2v) is 9.37. The Labute approximate surface area is 177 Å². The third kappa shape index (κ3) is 8.33. The second kappa shape index (κ2) is 11.6. The average molecular weight is 424 g/mol. The molecule has 0 bridgehead atoms. The molecule has 28 heavy (non-hydrogen) atoms. The van der Waals surface area contributed by atoms with Crippen molar-refractivity contribution in [1.29, 1.82) is 0 Å². The van der Waals surface area contributed by atoms with Crippen LogP contribution < -0.4 is 5.32 Å². The molecule has 0 aromatic carbocycles. The summed E-state index contributed by atoms with van der Waals surface area (Å²) in [5, 5.41) is 1.58. The smallest absolute Gasteiger partial charge is 0.245 e. The van der Waals surface area contributed by atoms with Crippen LogP contribution in [0.2, 0.25) is 0 Å². The van der Waals surface area contributed by atoms with Gasteiger partial charge < -0.3 is 9.87 Å². The van der Waals surface area contributed by atoms with Gasteiger partial charge in [-0.05, 0) is 56.6 Å². The topological polar surface area (TPSA) is 66.4 Å². The molecule has 0 saturated carbocycles. The van der Waals surface area contributed by atoms with Crippen molar-refractivity contribution in [3.05, 3.63) is 58.7 Å². The lowest BCUT2D eigenvalue weighted by Gasteiger charge is -2.32. The molecule has 2 N–H and O–H groups in total. The molecule has 0 spiro atoms. The molecular formula is C22H33NO3S2. The normalized spacial score (nSPS) is 20.7. The maximum Gasteiger partial charge on any atom is 0.245 e. The third-order valence-electron chi connectivity index (χ3n) is 4.84. The van der Waals surface area contributed by atoms with E-state index < -0.39 is 22.4 Å². The first-order valence-corrected chi connectivity index (χ1v) is 11.3. The van der Waals surface area contributed by atoms with E-state index in [9.17, 15) is 9.00 Å². The van der Waals surface area contributed by atoms with E-state index in [0.29, 0.717) is 0 Å². The second-order valence-electron chi connectivity index (χ2n) is 7.88. The van der Waals surface area contributed by atoms with E-state index in [4.69, 9.17) is 4.55 Å². The fraction of sp³-hybridized carbons (Fsp3) is 0.500. The van der Waals surface area contributed by atoms with E-state index in [-0.39, 0.29) is 11.2 Å². The fourth-order valence-corrected chi connectivity index (χ4v) is 4.07. The van der Waals surface area contributed by atoms with E-state index in [1.54, 1.807) is 6.92 Å². The number of carbonyl (C=O) groups is 1. The van der Waals surface area contributed by atoms with Crippen molar-refractivity contribution in [3.8, 4) is 0 Å². The monoisotopic (exact) mass is 423 g/mol. The first kappa shape index (κ1) is 24.7. The van der Waals surface area contributed by atoms with Gasteiger partial charge in [-0.15, -0.1) is 0 Å². The lowest BCUT2D eigenvalue weighted by atomic mass is 9.72. The summed E-state index contributed by atoms with van der Waals surface area (Å²) < 4.78 is 20.1. The molecule has 0 fully saturated rings. The lowest BCUT2D eigenvalue weighted by Crippen LogP contribution is -2.38. The molecule has 156 valence electrons. The molecule has 0 saturated heterocycles. The quantitative estimate of drug-likeness (QED) is 0.220. The number of allylic oxidation sites excluding steroid dienone is 9. The lowest BCUT2D eigenvalue weighted by molar-refractivity contribution is -0.116. The van der Waals surface area contributed by atoms with Gasteiger partial charge in [-0.3, -0.25) is 4.79 Å². The Hall–Kier alpha value is -1.37. The molecule has 4 nitrogen and oxygen atoms in total. The zero-order valence-electron chi connectivity index (χ0n) is 17.5. The molecule has 0 aromatic heterocycles. The van der Waals surface area contributed by atoms with Crippen LogP contribution in [0.1, 0.15) is 53.9 Å². The van der Waals surface area contributed by atoms with Crippen molar-refractivity contribution in [2.24, 2.45) is 5.41 Å². The van der Waals surface area contributed by atoms with Crippen molar-refractivity contribution < 1.29 is 13.6 Å². The van der Waals surface area contributed by atoms with Crippen molar-refractivity contribution in [3.63, 3.8) is 0 Å². The zero-order chi connectivity index (χ0) is 21.3. The Morgan fingerprint density at radius 2 is 2.00 bits per heavy atom.